The molecule has 0 bridgehead atoms. The molecule has 0 saturated carbocycles. The monoisotopic (exact) mass is 725 g/mol. The third kappa shape index (κ3) is 13.1. The molecule has 0 amide bonds. The second-order valence-corrected chi connectivity index (χ2v) is 10.8. The van der Waals surface area contributed by atoms with Crippen LogP contribution in [-0.2, 0) is 17.1 Å². The van der Waals surface area contributed by atoms with E-state index in [1.165, 1.54) is 0 Å². The maximum Gasteiger partial charge on any atom is 0.185 e. The smallest absolute Gasteiger partial charge is 0.185 e. The van der Waals surface area contributed by atoms with Crippen LogP contribution in [0.3, 0.4) is 0 Å². The first-order valence-corrected chi connectivity index (χ1v) is 15.9. The minimum atomic E-state index is -0.264. The number of allylic oxidation sites excluding steroid dienone is 3. The van der Waals surface area contributed by atoms with Crippen molar-refractivity contribution in [2.75, 3.05) is 0 Å². The minimum absolute atomic E-state index is 0. The van der Waals surface area contributed by atoms with Crippen LogP contribution in [0.5, 0.6) is 0 Å². The van der Waals surface area contributed by atoms with Crippen molar-refractivity contribution in [2.24, 2.45) is 0 Å². The molecule has 0 aliphatic heterocycles. The SMILES string of the molecule is O=C(/C=C(/[O-])c1ccccc1)c1ccccc1.O=C(/C=C(/[O-])c1ccccc1)c1ccccc1.O=C(/C=C(/[O-])c1ccccc1)c1ccccc1.[Fe]. The maximum absolute atomic E-state index is 11.8. The third-order valence-electron chi connectivity index (χ3n) is 7.14. The van der Waals surface area contributed by atoms with E-state index in [0.717, 1.165) is 18.2 Å². The second kappa shape index (κ2) is 21.5. The molecule has 6 rings (SSSR count). The number of rotatable bonds is 9. The molecule has 6 aromatic carbocycles. The van der Waals surface area contributed by atoms with Crippen LogP contribution in [0, 0.1) is 0 Å². The summed E-state index contributed by atoms with van der Waals surface area (Å²) in [5.74, 6) is -1.59. The van der Waals surface area contributed by atoms with E-state index in [2.05, 4.69) is 0 Å². The topological polar surface area (TPSA) is 120 Å². The summed E-state index contributed by atoms with van der Waals surface area (Å²) in [5, 5.41) is 35.3. The fourth-order valence-corrected chi connectivity index (χ4v) is 4.47. The first-order chi connectivity index (χ1) is 24.8. The minimum Gasteiger partial charge on any atom is -0.872 e. The third-order valence-corrected chi connectivity index (χ3v) is 7.14. The van der Waals surface area contributed by atoms with Gasteiger partial charge in [0.05, 0.1) is 0 Å². The molecule has 0 spiro atoms. The van der Waals surface area contributed by atoms with Gasteiger partial charge in [-0.15, -0.1) is 0 Å². The zero-order chi connectivity index (χ0) is 36.3. The van der Waals surface area contributed by atoms with Gasteiger partial charge in [-0.25, -0.2) is 0 Å². The maximum atomic E-state index is 11.8. The van der Waals surface area contributed by atoms with E-state index < -0.39 is 0 Å². The van der Waals surface area contributed by atoms with Crippen molar-refractivity contribution in [1.82, 2.24) is 0 Å². The van der Waals surface area contributed by atoms with Gasteiger partial charge in [-0.05, 0) is 34.9 Å². The second-order valence-electron chi connectivity index (χ2n) is 10.8. The van der Waals surface area contributed by atoms with Gasteiger partial charge in [-0.2, -0.15) is 0 Å². The Morgan fingerprint density at radius 3 is 0.615 bits per heavy atom. The Morgan fingerprint density at radius 1 is 0.288 bits per heavy atom. The zero-order valence-corrected chi connectivity index (χ0v) is 29.0. The average Bonchev–Trinajstić information content (AvgIpc) is 3.20. The quantitative estimate of drug-likeness (QED) is 0.0700. The summed E-state index contributed by atoms with van der Waals surface area (Å²) in [6.45, 7) is 0. The summed E-state index contributed by atoms with van der Waals surface area (Å²) >= 11 is 0. The molecular formula is C45H33FeO6-3. The zero-order valence-electron chi connectivity index (χ0n) is 27.9. The van der Waals surface area contributed by atoms with Gasteiger partial charge in [0.2, 0.25) is 0 Å². The molecule has 0 unspecified atom stereocenters. The van der Waals surface area contributed by atoms with Crippen LogP contribution < -0.4 is 15.3 Å². The van der Waals surface area contributed by atoms with Crippen molar-refractivity contribution < 1.29 is 46.8 Å². The summed E-state index contributed by atoms with van der Waals surface area (Å²) in [5.41, 5.74) is 3.15. The van der Waals surface area contributed by atoms with Crippen LogP contribution in [0.15, 0.2) is 200 Å². The number of hydrogen-bond acceptors (Lipinski definition) is 6. The van der Waals surface area contributed by atoms with Gasteiger partial charge >= 0.3 is 0 Å². The van der Waals surface area contributed by atoms with Gasteiger partial charge in [0.25, 0.3) is 0 Å². The van der Waals surface area contributed by atoms with E-state index in [0.29, 0.717) is 33.4 Å². The van der Waals surface area contributed by atoms with Gasteiger partial charge < -0.3 is 15.3 Å². The molecule has 0 radical (unpaired) electrons. The molecule has 0 aliphatic rings. The van der Waals surface area contributed by atoms with E-state index >= 15 is 0 Å². The van der Waals surface area contributed by atoms with Gasteiger partial charge in [-0.3, -0.25) is 14.4 Å². The molecule has 6 aromatic rings. The molecule has 0 saturated heterocycles. The van der Waals surface area contributed by atoms with Crippen molar-refractivity contribution in [3.8, 4) is 0 Å². The summed E-state index contributed by atoms with van der Waals surface area (Å²) < 4.78 is 0. The van der Waals surface area contributed by atoms with E-state index in [9.17, 15) is 29.7 Å². The Labute approximate surface area is 313 Å². The summed E-state index contributed by atoms with van der Waals surface area (Å²) in [6, 6.07) is 52.5. The number of carbonyl (C=O) groups excluding carboxylic acids is 3. The largest absolute Gasteiger partial charge is 0.872 e. The summed E-state index contributed by atoms with van der Waals surface area (Å²) in [7, 11) is 0. The standard InChI is InChI=1S/3C15H12O2.Fe/c3*16-14(12-7-3-1-4-8-12)11-15(17)13-9-5-2-6-10-13;/h3*1-11,16H;/p-3/b3*14-11+;. The molecule has 7 heteroatoms. The fourth-order valence-electron chi connectivity index (χ4n) is 4.47. The molecule has 6 nitrogen and oxygen atoms in total. The van der Waals surface area contributed by atoms with Gasteiger partial charge in [0, 0.05) is 33.8 Å². The van der Waals surface area contributed by atoms with Gasteiger partial charge in [0.1, 0.15) is 0 Å². The first-order valence-electron chi connectivity index (χ1n) is 15.9. The Balaban J connectivity index is 0.000000208. The Hall–Kier alpha value is -6.53. The van der Waals surface area contributed by atoms with Crippen LogP contribution in [0.4, 0.5) is 0 Å². The molecule has 0 aliphatic carbocycles. The normalized spacial score (nSPS) is 11.0. The van der Waals surface area contributed by atoms with E-state index in [4.69, 9.17) is 0 Å². The first kappa shape index (κ1) is 39.9. The summed E-state index contributed by atoms with van der Waals surface area (Å²) in [6.07, 6.45) is 3.39. The molecule has 0 heterocycles. The Kier molecular flexibility index (Phi) is 16.5. The molecule has 260 valence electrons. The molecule has 0 fully saturated rings. The van der Waals surface area contributed by atoms with Crippen LogP contribution >= 0.6 is 0 Å². The number of ketones is 3. The predicted octanol–water partition coefficient (Wildman–Crippen LogP) is 6.81. The van der Waals surface area contributed by atoms with Gasteiger partial charge in [-0.1, -0.05) is 199 Å². The fraction of sp³-hybridized carbons (Fsp3) is 0. The molecule has 0 N–H and O–H groups in total. The summed E-state index contributed by atoms with van der Waals surface area (Å²) in [4.78, 5) is 35.3. The Bertz CT molecular complexity index is 1830. The molecule has 52 heavy (non-hydrogen) atoms. The van der Waals surface area contributed by atoms with Gasteiger partial charge in [0.15, 0.2) is 17.3 Å². The van der Waals surface area contributed by atoms with Crippen molar-refractivity contribution >= 4 is 34.6 Å². The van der Waals surface area contributed by atoms with Crippen LogP contribution in [0.2, 0.25) is 0 Å². The van der Waals surface area contributed by atoms with Crippen molar-refractivity contribution in [3.05, 3.63) is 234 Å². The molecular weight excluding hydrogens is 692 g/mol. The molecule has 0 atom stereocenters. The number of benzene rings is 6. The van der Waals surface area contributed by atoms with Crippen molar-refractivity contribution in [1.29, 1.82) is 0 Å². The van der Waals surface area contributed by atoms with E-state index in [1.807, 2.05) is 36.4 Å². The predicted molar refractivity (Wildman–Crippen MR) is 196 cm³/mol. The van der Waals surface area contributed by atoms with E-state index in [-0.39, 0.29) is 51.7 Å². The van der Waals surface area contributed by atoms with Crippen LogP contribution in [-0.4, -0.2) is 17.3 Å². The molecule has 0 aromatic heterocycles. The number of carbonyl (C=O) groups is 3. The number of hydrogen-bond donors (Lipinski definition) is 0. The van der Waals surface area contributed by atoms with E-state index in [1.54, 1.807) is 146 Å². The average molecular weight is 726 g/mol. The Morgan fingerprint density at radius 2 is 0.442 bits per heavy atom. The van der Waals surface area contributed by atoms with Crippen LogP contribution in [0.1, 0.15) is 47.8 Å². The van der Waals surface area contributed by atoms with Crippen molar-refractivity contribution in [2.45, 2.75) is 0 Å². The van der Waals surface area contributed by atoms with Crippen molar-refractivity contribution in [3.63, 3.8) is 0 Å². The van der Waals surface area contributed by atoms with Crippen LogP contribution in [0.25, 0.3) is 17.3 Å².